The van der Waals surface area contributed by atoms with Crippen molar-refractivity contribution in [2.45, 2.75) is 18.2 Å². The van der Waals surface area contributed by atoms with E-state index in [1.807, 2.05) is 6.92 Å². The molecule has 0 heterocycles. The topological polar surface area (TPSA) is 84.9 Å². The first-order valence-corrected chi connectivity index (χ1v) is 12.4. The van der Waals surface area contributed by atoms with Gasteiger partial charge in [0.1, 0.15) is 18.0 Å². The molecule has 0 fully saturated rings. The van der Waals surface area contributed by atoms with Gasteiger partial charge in [0.15, 0.2) is 0 Å². The van der Waals surface area contributed by atoms with Crippen molar-refractivity contribution in [2.24, 2.45) is 0 Å². The van der Waals surface area contributed by atoms with Crippen LogP contribution < -0.4 is 19.1 Å². The molecule has 35 heavy (non-hydrogen) atoms. The van der Waals surface area contributed by atoms with Crippen molar-refractivity contribution < 1.29 is 35.9 Å². The van der Waals surface area contributed by atoms with Gasteiger partial charge in [0, 0.05) is 10.2 Å². The van der Waals surface area contributed by atoms with Gasteiger partial charge in [-0.05, 0) is 79.7 Å². The number of carbonyl (C=O) groups is 1. The normalized spacial score (nSPS) is 11.6. The summed E-state index contributed by atoms with van der Waals surface area (Å²) in [5, 5.41) is 2.48. The minimum absolute atomic E-state index is 0.0314. The molecule has 0 aromatic heterocycles. The molecule has 0 aliphatic carbocycles. The second kappa shape index (κ2) is 11.0. The van der Waals surface area contributed by atoms with Crippen LogP contribution in [0.3, 0.4) is 0 Å². The van der Waals surface area contributed by atoms with E-state index >= 15 is 0 Å². The van der Waals surface area contributed by atoms with E-state index in [0.717, 1.165) is 16.4 Å². The number of amides is 1. The Kier molecular flexibility index (Phi) is 8.28. The van der Waals surface area contributed by atoms with E-state index in [-0.39, 0.29) is 16.3 Å². The number of sulfonamides is 1. The molecule has 3 rings (SSSR count). The van der Waals surface area contributed by atoms with Gasteiger partial charge in [0.2, 0.25) is 5.91 Å². The zero-order valence-electron chi connectivity index (χ0n) is 18.3. The lowest BCUT2D eigenvalue weighted by Gasteiger charge is -2.24. The van der Waals surface area contributed by atoms with Crippen molar-refractivity contribution in [1.82, 2.24) is 0 Å². The van der Waals surface area contributed by atoms with Gasteiger partial charge >= 0.3 is 6.36 Å². The van der Waals surface area contributed by atoms with Crippen molar-refractivity contribution in [3.8, 4) is 11.5 Å². The summed E-state index contributed by atoms with van der Waals surface area (Å²) in [4.78, 5) is 12.7. The van der Waals surface area contributed by atoms with Crippen molar-refractivity contribution in [3.05, 3.63) is 77.3 Å². The predicted molar refractivity (Wildman–Crippen MR) is 128 cm³/mol. The fraction of sp³-hybridized carbons (Fsp3) is 0.174. The number of benzene rings is 3. The molecule has 3 aromatic rings. The minimum Gasteiger partial charge on any atom is -0.494 e. The Bertz CT molecular complexity index is 1250. The van der Waals surface area contributed by atoms with E-state index in [1.165, 1.54) is 36.4 Å². The van der Waals surface area contributed by atoms with Gasteiger partial charge in [0.05, 0.1) is 17.2 Å². The first-order valence-electron chi connectivity index (χ1n) is 10.1. The molecule has 0 spiro atoms. The van der Waals surface area contributed by atoms with Gasteiger partial charge < -0.3 is 14.8 Å². The van der Waals surface area contributed by atoms with Crippen LogP contribution in [-0.2, 0) is 14.8 Å². The van der Waals surface area contributed by atoms with E-state index in [4.69, 9.17) is 4.74 Å². The third kappa shape index (κ3) is 7.36. The van der Waals surface area contributed by atoms with Crippen LogP contribution in [0.1, 0.15) is 6.92 Å². The van der Waals surface area contributed by atoms with Crippen LogP contribution in [0.25, 0.3) is 0 Å². The van der Waals surface area contributed by atoms with E-state index in [1.54, 1.807) is 24.3 Å². The maximum Gasteiger partial charge on any atom is 0.573 e. The Balaban J connectivity index is 1.85. The van der Waals surface area contributed by atoms with Gasteiger partial charge in [-0.3, -0.25) is 9.10 Å². The average molecular weight is 573 g/mol. The van der Waals surface area contributed by atoms with Crippen LogP contribution in [0, 0.1) is 0 Å². The lowest BCUT2D eigenvalue weighted by Crippen LogP contribution is -2.38. The summed E-state index contributed by atoms with van der Waals surface area (Å²) in [7, 11) is -4.14. The molecule has 0 aliphatic heterocycles. The fourth-order valence-corrected chi connectivity index (χ4v) is 4.68. The van der Waals surface area contributed by atoms with E-state index in [0.29, 0.717) is 16.8 Å². The molecular formula is C23H20BrF3N2O5S. The van der Waals surface area contributed by atoms with Crippen molar-refractivity contribution in [1.29, 1.82) is 0 Å². The Morgan fingerprint density at radius 2 is 1.51 bits per heavy atom. The highest BCUT2D eigenvalue weighted by molar-refractivity contribution is 9.10. The molecule has 7 nitrogen and oxygen atoms in total. The summed E-state index contributed by atoms with van der Waals surface area (Å²) in [6, 6.07) is 16.6. The Labute approximate surface area is 208 Å². The third-order valence-electron chi connectivity index (χ3n) is 4.50. The number of ether oxygens (including phenoxy) is 2. The fourth-order valence-electron chi connectivity index (χ4n) is 3.00. The van der Waals surface area contributed by atoms with Crippen molar-refractivity contribution >= 4 is 43.2 Å². The zero-order chi connectivity index (χ0) is 25.6. The van der Waals surface area contributed by atoms with E-state index in [2.05, 4.69) is 26.0 Å². The summed E-state index contributed by atoms with van der Waals surface area (Å²) in [5.41, 5.74) is 0.387. The maximum absolute atomic E-state index is 13.4. The first-order chi connectivity index (χ1) is 16.5. The molecule has 0 radical (unpaired) electrons. The molecule has 12 heteroatoms. The Morgan fingerprint density at radius 3 is 2.06 bits per heavy atom. The van der Waals surface area contributed by atoms with Gasteiger partial charge in [-0.15, -0.1) is 13.2 Å². The standard InChI is InChI=1S/C23H20BrF3N2O5S/c1-2-33-19-11-7-18(8-12-19)29(35(31,32)21-13-3-16(24)4-14-21)15-22(30)28-17-5-9-20(10-6-17)34-23(25,26)27/h3-14H,2,15H2,1H3,(H,28,30). The van der Waals surface area contributed by atoms with Crippen LogP contribution in [-0.4, -0.2) is 33.8 Å². The number of hydrogen-bond donors (Lipinski definition) is 1. The third-order valence-corrected chi connectivity index (χ3v) is 6.81. The van der Waals surface area contributed by atoms with Crippen molar-refractivity contribution in [2.75, 3.05) is 22.8 Å². The second-order valence-corrected chi connectivity index (χ2v) is 9.79. The molecule has 3 aromatic carbocycles. The average Bonchev–Trinajstić information content (AvgIpc) is 2.79. The molecule has 1 amide bonds. The molecule has 1 N–H and O–H groups in total. The maximum atomic E-state index is 13.4. The molecule has 0 bridgehead atoms. The van der Waals surface area contributed by atoms with Crippen molar-refractivity contribution in [3.63, 3.8) is 0 Å². The molecular weight excluding hydrogens is 553 g/mol. The number of anilines is 2. The number of carbonyl (C=O) groups excluding carboxylic acids is 1. The second-order valence-electron chi connectivity index (χ2n) is 7.01. The van der Waals surface area contributed by atoms with Gasteiger partial charge in [-0.25, -0.2) is 8.42 Å². The summed E-state index contributed by atoms with van der Waals surface area (Å²) >= 11 is 3.26. The summed E-state index contributed by atoms with van der Waals surface area (Å²) in [5.74, 6) is -0.628. The van der Waals surface area contributed by atoms with Crippen LogP contribution in [0.5, 0.6) is 11.5 Å². The number of nitrogens with one attached hydrogen (secondary N) is 1. The highest BCUT2D eigenvalue weighted by atomic mass is 79.9. The Hall–Kier alpha value is -3.25. The van der Waals surface area contributed by atoms with Gasteiger partial charge in [-0.1, -0.05) is 15.9 Å². The quantitative estimate of drug-likeness (QED) is 0.362. The summed E-state index contributed by atoms with van der Waals surface area (Å²) in [6.45, 7) is 1.65. The number of halogens is 4. The Morgan fingerprint density at radius 1 is 0.943 bits per heavy atom. The van der Waals surface area contributed by atoms with Crippen LogP contribution >= 0.6 is 15.9 Å². The molecule has 0 saturated carbocycles. The first kappa shape index (κ1) is 26.4. The van der Waals surface area contributed by atoms with E-state index < -0.39 is 34.6 Å². The monoisotopic (exact) mass is 572 g/mol. The highest BCUT2D eigenvalue weighted by Gasteiger charge is 2.31. The van der Waals surface area contributed by atoms with Crippen LogP contribution in [0.2, 0.25) is 0 Å². The molecule has 0 saturated heterocycles. The molecule has 0 aliphatic rings. The summed E-state index contributed by atoms with van der Waals surface area (Å²) in [6.07, 6.45) is -4.84. The van der Waals surface area contributed by atoms with Gasteiger partial charge in [0.25, 0.3) is 10.0 Å². The molecule has 0 atom stereocenters. The largest absolute Gasteiger partial charge is 0.573 e. The smallest absolute Gasteiger partial charge is 0.494 e. The number of hydrogen-bond acceptors (Lipinski definition) is 5. The zero-order valence-corrected chi connectivity index (χ0v) is 20.7. The summed E-state index contributed by atoms with van der Waals surface area (Å²) < 4.78 is 74.6. The van der Waals surface area contributed by atoms with E-state index in [9.17, 15) is 26.4 Å². The van der Waals surface area contributed by atoms with Crippen LogP contribution in [0.4, 0.5) is 24.5 Å². The predicted octanol–water partition coefficient (Wildman–Crippen LogP) is 5.58. The molecule has 0 unspecified atom stereocenters. The van der Waals surface area contributed by atoms with Crippen LogP contribution in [0.15, 0.2) is 82.2 Å². The lowest BCUT2D eigenvalue weighted by molar-refractivity contribution is -0.274. The molecule has 186 valence electrons. The minimum atomic E-state index is -4.84. The number of alkyl halides is 3. The SMILES string of the molecule is CCOc1ccc(N(CC(=O)Nc2ccc(OC(F)(F)F)cc2)S(=O)(=O)c2ccc(Br)cc2)cc1. The highest BCUT2D eigenvalue weighted by Crippen LogP contribution is 2.27. The number of nitrogens with zero attached hydrogens (tertiary/aromatic N) is 1. The lowest BCUT2D eigenvalue weighted by atomic mass is 10.3. The van der Waals surface area contributed by atoms with Gasteiger partial charge in [-0.2, -0.15) is 0 Å². The number of rotatable bonds is 9.